The van der Waals surface area contributed by atoms with E-state index in [0.717, 1.165) is 18.7 Å². The van der Waals surface area contributed by atoms with E-state index in [0.29, 0.717) is 6.61 Å². The molecule has 5 heteroatoms. The van der Waals surface area contributed by atoms with Crippen molar-refractivity contribution in [1.82, 2.24) is 9.61 Å². The molecule has 0 amide bonds. The number of aromatic nitrogens is 2. The maximum Gasteiger partial charge on any atom is 0.104 e. The monoisotopic (exact) mass is 372 g/mol. The number of fused-ring (bicyclic) bond motifs is 1. The van der Waals surface area contributed by atoms with Gasteiger partial charge in [-0.3, -0.25) is 0 Å². The molecule has 0 unspecified atom stereocenters. The minimum absolute atomic E-state index is 0.0266. The van der Waals surface area contributed by atoms with Gasteiger partial charge in [-0.25, -0.2) is 4.52 Å². The third-order valence-electron chi connectivity index (χ3n) is 3.54. The maximum atomic E-state index is 5.86. The standard InChI is InChI=1S/C14H17IN2O2/c1-14(2,9-19-11-7-18-8-11)10-3-4-13-12(15)5-16-17(13)6-10/h3-6,11H,7-9H2,1-2H3. The average Bonchev–Trinajstić information content (AvgIpc) is 2.69. The summed E-state index contributed by atoms with van der Waals surface area (Å²) in [6.45, 7) is 6.55. The van der Waals surface area contributed by atoms with E-state index in [1.165, 1.54) is 9.13 Å². The Morgan fingerprint density at radius 3 is 2.95 bits per heavy atom. The molecule has 2 aromatic heterocycles. The van der Waals surface area contributed by atoms with Crippen LogP contribution in [0.5, 0.6) is 0 Å². The molecule has 3 rings (SSSR count). The van der Waals surface area contributed by atoms with Gasteiger partial charge in [0.2, 0.25) is 0 Å². The summed E-state index contributed by atoms with van der Waals surface area (Å²) in [6.07, 6.45) is 4.25. The van der Waals surface area contributed by atoms with Crippen LogP contribution < -0.4 is 0 Å². The SMILES string of the molecule is CC(C)(COC1COC1)c1ccc2c(I)cnn2c1. The van der Waals surface area contributed by atoms with Gasteiger partial charge in [-0.1, -0.05) is 19.9 Å². The van der Waals surface area contributed by atoms with Crippen LogP contribution in [0.2, 0.25) is 0 Å². The van der Waals surface area contributed by atoms with E-state index in [9.17, 15) is 0 Å². The van der Waals surface area contributed by atoms with Crippen LogP contribution in [0.4, 0.5) is 0 Å². The van der Waals surface area contributed by atoms with Gasteiger partial charge < -0.3 is 9.47 Å². The lowest BCUT2D eigenvalue weighted by molar-refractivity contribution is -0.137. The zero-order valence-corrected chi connectivity index (χ0v) is 13.3. The Balaban J connectivity index is 1.80. The van der Waals surface area contributed by atoms with Gasteiger partial charge in [0.15, 0.2) is 0 Å². The molecule has 0 bridgehead atoms. The van der Waals surface area contributed by atoms with Crippen molar-refractivity contribution in [3.63, 3.8) is 0 Å². The fraction of sp³-hybridized carbons (Fsp3) is 0.500. The maximum absolute atomic E-state index is 5.86. The molecule has 0 atom stereocenters. The van der Waals surface area contributed by atoms with Gasteiger partial charge in [0.25, 0.3) is 0 Å². The van der Waals surface area contributed by atoms with Gasteiger partial charge >= 0.3 is 0 Å². The van der Waals surface area contributed by atoms with Gasteiger partial charge in [0, 0.05) is 11.6 Å². The molecule has 0 aromatic carbocycles. The lowest BCUT2D eigenvalue weighted by atomic mass is 9.86. The predicted molar refractivity (Wildman–Crippen MR) is 81.5 cm³/mol. The first kappa shape index (κ1) is 13.3. The van der Waals surface area contributed by atoms with E-state index in [-0.39, 0.29) is 11.5 Å². The molecule has 0 aliphatic carbocycles. The van der Waals surface area contributed by atoms with Crippen molar-refractivity contribution in [2.24, 2.45) is 0 Å². The smallest absolute Gasteiger partial charge is 0.104 e. The number of pyridine rings is 1. The summed E-state index contributed by atoms with van der Waals surface area (Å²) >= 11 is 2.30. The Labute approximate surface area is 126 Å². The fourth-order valence-corrected chi connectivity index (χ4v) is 2.62. The molecule has 1 fully saturated rings. The summed E-state index contributed by atoms with van der Waals surface area (Å²) in [5, 5.41) is 4.36. The van der Waals surface area contributed by atoms with Crippen LogP contribution in [0.3, 0.4) is 0 Å². The summed E-state index contributed by atoms with van der Waals surface area (Å²) in [5.41, 5.74) is 2.36. The highest BCUT2D eigenvalue weighted by Crippen LogP contribution is 2.26. The second-order valence-corrected chi connectivity index (χ2v) is 6.76. The zero-order chi connectivity index (χ0) is 13.5. The van der Waals surface area contributed by atoms with Crippen molar-refractivity contribution < 1.29 is 9.47 Å². The molecule has 102 valence electrons. The molecule has 4 nitrogen and oxygen atoms in total. The quantitative estimate of drug-likeness (QED) is 0.775. The first-order chi connectivity index (χ1) is 9.06. The summed E-state index contributed by atoms with van der Waals surface area (Å²) in [7, 11) is 0. The molecule has 0 spiro atoms. The van der Waals surface area contributed by atoms with Crippen LogP contribution in [0.25, 0.3) is 5.52 Å². The van der Waals surface area contributed by atoms with E-state index in [4.69, 9.17) is 9.47 Å². The largest absolute Gasteiger partial charge is 0.376 e. The van der Waals surface area contributed by atoms with Gasteiger partial charge in [-0.05, 0) is 34.2 Å². The lowest BCUT2D eigenvalue weighted by Crippen LogP contribution is -2.39. The predicted octanol–water partition coefficient (Wildman–Crippen LogP) is 2.63. The number of rotatable bonds is 4. The van der Waals surface area contributed by atoms with Crippen molar-refractivity contribution in [2.75, 3.05) is 19.8 Å². The van der Waals surface area contributed by atoms with E-state index in [1.807, 2.05) is 10.7 Å². The van der Waals surface area contributed by atoms with Crippen molar-refractivity contribution in [3.05, 3.63) is 33.7 Å². The number of hydrogen-bond acceptors (Lipinski definition) is 3. The summed E-state index contributed by atoms with van der Waals surface area (Å²) in [4.78, 5) is 0. The second-order valence-electron chi connectivity index (χ2n) is 5.59. The first-order valence-corrected chi connectivity index (χ1v) is 7.47. The number of nitrogens with zero attached hydrogens (tertiary/aromatic N) is 2. The number of halogens is 1. The highest BCUT2D eigenvalue weighted by atomic mass is 127. The second kappa shape index (κ2) is 5.03. The van der Waals surface area contributed by atoms with Crippen LogP contribution >= 0.6 is 22.6 Å². The molecule has 1 aliphatic rings. The van der Waals surface area contributed by atoms with Crippen LogP contribution in [-0.4, -0.2) is 35.5 Å². The zero-order valence-electron chi connectivity index (χ0n) is 11.1. The van der Waals surface area contributed by atoms with Crippen molar-refractivity contribution in [1.29, 1.82) is 0 Å². The van der Waals surface area contributed by atoms with E-state index in [2.05, 4.69) is 59.9 Å². The van der Waals surface area contributed by atoms with Gasteiger partial charge in [-0.2, -0.15) is 5.10 Å². The van der Waals surface area contributed by atoms with Crippen LogP contribution in [0.1, 0.15) is 19.4 Å². The molecular weight excluding hydrogens is 355 g/mol. The molecule has 1 aliphatic heterocycles. The van der Waals surface area contributed by atoms with Crippen LogP contribution in [0, 0.1) is 3.57 Å². The van der Waals surface area contributed by atoms with Crippen LogP contribution in [-0.2, 0) is 14.9 Å². The molecule has 0 saturated carbocycles. The number of hydrogen-bond donors (Lipinski definition) is 0. The minimum atomic E-state index is -0.0266. The Kier molecular flexibility index (Phi) is 3.53. The van der Waals surface area contributed by atoms with Gasteiger partial charge in [-0.15, -0.1) is 0 Å². The third kappa shape index (κ3) is 2.64. The third-order valence-corrected chi connectivity index (χ3v) is 4.37. The Morgan fingerprint density at radius 2 is 2.26 bits per heavy atom. The van der Waals surface area contributed by atoms with E-state index < -0.39 is 0 Å². The van der Waals surface area contributed by atoms with E-state index >= 15 is 0 Å². The molecule has 3 heterocycles. The molecule has 19 heavy (non-hydrogen) atoms. The van der Waals surface area contributed by atoms with Crippen molar-refractivity contribution >= 4 is 28.1 Å². The Morgan fingerprint density at radius 1 is 1.47 bits per heavy atom. The molecule has 2 aromatic rings. The normalized spacial score (nSPS) is 16.8. The fourth-order valence-electron chi connectivity index (χ4n) is 2.07. The summed E-state index contributed by atoms with van der Waals surface area (Å²) < 4.78 is 14.1. The molecule has 1 saturated heterocycles. The van der Waals surface area contributed by atoms with Crippen LogP contribution in [0.15, 0.2) is 24.5 Å². The van der Waals surface area contributed by atoms with Crippen molar-refractivity contribution in [3.8, 4) is 0 Å². The Bertz CT molecular complexity index is 590. The topological polar surface area (TPSA) is 35.8 Å². The lowest BCUT2D eigenvalue weighted by Gasteiger charge is -2.31. The molecular formula is C14H17IN2O2. The average molecular weight is 372 g/mol. The van der Waals surface area contributed by atoms with Crippen molar-refractivity contribution in [2.45, 2.75) is 25.4 Å². The minimum Gasteiger partial charge on any atom is -0.376 e. The highest BCUT2D eigenvalue weighted by Gasteiger charge is 2.26. The molecule has 0 radical (unpaired) electrons. The first-order valence-electron chi connectivity index (χ1n) is 6.39. The van der Waals surface area contributed by atoms with E-state index in [1.54, 1.807) is 0 Å². The Hall–Kier alpha value is -0.660. The highest BCUT2D eigenvalue weighted by molar-refractivity contribution is 14.1. The van der Waals surface area contributed by atoms with Gasteiger partial charge in [0.1, 0.15) is 6.10 Å². The van der Waals surface area contributed by atoms with Gasteiger partial charge in [0.05, 0.1) is 35.1 Å². The summed E-state index contributed by atoms with van der Waals surface area (Å²) in [6, 6.07) is 4.29. The molecule has 0 N–H and O–H groups in total. The summed E-state index contributed by atoms with van der Waals surface area (Å²) in [5.74, 6) is 0. The number of ether oxygens (including phenoxy) is 2.